The van der Waals surface area contributed by atoms with Gasteiger partial charge in [-0.1, -0.05) is 18.2 Å². The number of aromatic nitrogens is 3. The lowest BCUT2D eigenvalue weighted by Gasteiger charge is -1.96. The second-order valence-electron chi connectivity index (χ2n) is 3.92. The van der Waals surface area contributed by atoms with E-state index in [2.05, 4.69) is 45.4 Å². The summed E-state index contributed by atoms with van der Waals surface area (Å²) < 4.78 is 0. The number of fused-ring (bicyclic) bond motifs is 1. The highest BCUT2D eigenvalue weighted by molar-refractivity contribution is 5.83. The van der Waals surface area contributed by atoms with Gasteiger partial charge >= 0.3 is 0 Å². The van der Waals surface area contributed by atoms with Crippen LogP contribution in [0.25, 0.3) is 10.9 Å². The van der Waals surface area contributed by atoms with E-state index in [4.69, 9.17) is 0 Å². The molecule has 2 aromatic heterocycles. The molecule has 0 unspecified atom stereocenters. The molecule has 0 radical (unpaired) electrons. The topological polar surface area (TPSA) is 44.5 Å². The quantitative estimate of drug-likeness (QED) is 0.687. The van der Waals surface area contributed by atoms with Crippen molar-refractivity contribution in [1.29, 1.82) is 0 Å². The van der Waals surface area contributed by atoms with Gasteiger partial charge in [0.25, 0.3) is 0 Å². The van der Waals surface area contributed by atoms with Crippen LogP contribution in [-0.2, 0) is 12.8 Å². The molecule has 3 heteroatoms. The summed E-state index contributed by atoms with van der Waals surface area (Å²) in [6.45, 7) is 0. The predicted molar refractivity (Wildman–Crippen MR) is 64.3 cm³/mol. The van der Waals surface area contributed by atoms with Gasteiger partial charge in [-0.2, -0.15) is 0 Å². The number of benzene rings is 1. The molecule has 0 saturated heterocycles. The van der Waals surface area contributed by atoms with Crippen molar-refractivity contribution in [2.75, 3.05) is 0 Å². The fourth-order valence-corrected chi connectivity index (χ4v) is 2.03. The maximum absolute atomic E-state index is 4.23. The van der Waals surface area contributed by atoms with Crippen LogP contribution in [-0.4, -0.2) is 15.0 Å². The standard InChI is InChI=1S/C13H13N3/c1-2-4-13-12(3-1)10(7-15-13)5-6-11-8-14-9-16-11/h1-4,7-9,15H,5-6H2,(H,14,16). The average molecular weight is 211 g/mol. The fraction of sp³-hybridized carbons (Fsp3) is 0.154. The number of imidazole rings is 1. The third-order valence-corrected chi connectivity index (χ3v) is 2.88. The molecule has 0 atom stereocenters. The minimum atomic E-state index is 0.978. The van der Waals surface area contributed by atoms with Crippen LogP contribution in [0.15, 0.2) is 43.0 Å². The Bertz CT molecular complexity index is 578. The van der Waals surface area contributed by atoms with Crippen LogP contribution in [0.1, 0.15) is 11.3 Å². The van der Waals surface area contributed by atoms with Crippen molar-refractivity contribution in [3.8, 4) is 0 Å². The first-order valence-corrected chi connectivity index (χ1v) is 5.46. The molecule has 2 N–H and O–H groups in total. The first kappa shape index (κ1) is 9.21. The van der Waals surface area contributed by atoms with Crippen LogP contribution >= 0.6 is 0 Å². The minimum absolute atomic E-state index is 0.978. The summed E-state index contributed by atoms with van der Waals surface area (Å²) in [6, 6.07) is 8.39. The van der Waals surface area contributed by atoms with Gasteiger partial charge in [0.2, 0.25) is 0 Å². The lowest BCUT2D eigenvalue weighted by molar-refractivity contribution is 0.932. The minimum Gasteiger partial charge on any atom is -0.361 e. The Morgan fingerprint density at radius 3 is 2.88 bits per heavy atom. The highest BCUT2D eigenvalue weighted by atomic mass is 14.9. The number of H-pyrrole nitrogens is 2. The molecule has 0 amide bonds. The molecule has 0 fully saturated rings. The number of aromatic amines is 2. The van der Waals surface area contributed by atoms with Gasteiger partial charge in [0.05, 0.1) is 12.0 Å². The zero-order valence-electron chi connectivity index (χ0n) is 8.90. The number of hydrogen-bond donors (Lipinski definition) is 2. The van der Waals surface area contributed by atoms with Gasteiger partial charge in [0.1, 0.15) is 0 Å². The molecule has 1 aromatic carbocycles. The van der Waals surface area contributed by atoms with Crippen molar-refractivity contribution >= 4 is 10.9 Å². The number of aryl methyl sites for hydroxylation is 2. The molecular formula is C13H13N3. The molecule has 0 saturated carbocycles. The molecule has 0 aliphatic carbocycles. The Kier molecular flexibility index (Phi) is 2.22. The van der Waals surface area contributed by atoms with Crippen LogP contribution < -0.4 is 0 Å². The van der Waals surface area contributed by atoms with Crippen LogP contribution in [0, 0.1) is 0 Å². The van der Waals surface area contributed by atoms with Crippen LogP contribution in [0.5, 0.6) is 0 Å². The van der Waals surface area contributed by atoms with Crippen molar-refractivity contribution in [3.63, 3.8) is 0 Å². The molecule has 0 bridgehead atoms. The summed E-state index contributed by atoms with van der Waals surface area (Å²) in [7, 11) is 0. The summed E-state index contributed by atoms with van der Waals surface area (Å²) >= 11 is 0. The number of para-hydroxylation sites is 1. The van der Waals surface area contributed by atoms with E-state index >= 15 is 0 Å². The van der Waals surface area contributed by atoms with Gasteiger partial charge in [-0.15, -0.1) is 0 Å². The first-order valence-electron chi connectivity index (χ1n) is 5.46. The maximum atomic E-state index is 4.23. The molecule has 3 rings (SSSR count). The van der Waals surface area contributed by atoms with Gasteiger partial charge in [-0.05, 0) is 24.5 Å². The van der Waals surface area contributed by atoms with E-state index < -0.39 is 0 Å². The molecule has 80 valence electrons. The molecule has 0 spiro atoms. The van der Waals surface area contributed by atoms with E-state index in [-0.39, 0.29) is 0 Å². The second kappa shape index (κ2) is 3.85. The van der Waals surface area contributed by atoms with Crippen LogP contribution in [0.4, 0.5) is 0 Å². The Hall–Kier alpha value is -2.03. The third kappa shape index (κ3) is 1.60. The van der Waals surface area contributed by atoms with Crippen molar-refractivity contribution in [1.82, 2.24) is 15.0 Å². The largest absolute Gasteiger partial charge is 0.361 e. The van der Waals surface area contributed by atoms with Crippen molar-refractivity contribution in [2.45, 2.75) is 12.8 Å². The normalized spacial score (nSPS) is 11.0. The highest BCUT2D eigenvalue weighted by Gasteiger charge is 2.03. The smallest absolute Gasteiger partial charge is 0.0923 e. The van der Waals surface area contributed by atoms with Gasteiger partial charge in [-0.25, -0.2) is 4.98 Å². The zero-order chi connectivity index (χ0) is 10.8. The molecule has 2 heterocycles. The average Bonchev–Trinajstić information content (AvgIpc) is 2.96. The first-order chi connectivity index (χ1) is 7.93. The second-order valence-corrected chi connectivity index (χ2v) is 3.92. The van der Waals surface area contributed by atoms with Crippen LogP contribution in [0.3, 0.4) is 0 Å². The molecule has 3 nitrogen and oxygen atoms in total. The predicted octanol–water partition coefficient (Wildman–Crippen LogP) is 2.68. The fourth-order valence-electron chi connectivity index (χ4n) is 2.03. The van der Waals surface area contributed by atoms with Gasteiger partial charge in [-0.3, -0.25) is 0 Å². The van der Waals surface area contributed by atoms with E-state index in [1.165, 1.54) is 16.5 Å². The number of hydrogen-bond acceptors (Lipinski definition) is 1. The Morgan fingerprint density at radius 1 is 1.06 bits per heavy atom. The Morgan fingerprint density at radius 2 is 2.00 bits per heavy atom. The Labute approximate surface area is 93.5 Å². The summed E-state index contributed by atoms with van der Waals surface area (Å²) in [4.78, 5) is 10.5. The summed E-state index contributed by atoms with van der Waals surface area (Å²) in [5, 5.41) is 1.32. The van der Waals surface area contributed by atoms with Crippen molar-refractivity contribution in [2.24, 2.45) is 0 Å². The van der Waals surface area contributed by atoms with Crippen molar-refractivity contribution in [3.05, 3.63) is 54.2 Å². The van der Waals surface area contributed by atoms with Crippen LogP contribution in [0.2, 0.25) is 0 Å². The molecule has 0 aliphatic rings. The number of rotatable bonds is 3. The molecule has 16 heavy (non-hydrogen) atoms. The summed E-state index contributed by atoms with van der Waals surface area (Å²) in [5.41, 5.74) is 3.68. The highest BCUT2D eigenvalue weighted by Crippen LogP contribution is 2.18. The van der Waals surface area contributed by atoms with E-state index in [1.54, 1.807) is 6.33 Å². The van der Waals surface area contributed by atoms with Gasteiger partial charge in [0.15, 0.2) is 0 Å². The van der Waals surface area contributed by atoms with Gasteiger partial charge in [0, 0.05) is 23.3 Å². The van der Waals surface area contributed by atoms with Gasteiger partial charge < -0.3 is 9.97 Å². The monoisotopic (exact) mass is 211 g/mol. The van der Waals surface area contributed by atoms with E-state index in [1.807, 2.05) is 6.20 Å². The molecule has 3 aromatic rings. The zero-order valence-corrected chi connectivity index (χ0v) is 8.90. The summed E-state index contributed by atoms with van der Waals surface area (Å²) in [5.74, 6) is 0. The lowest BCUT2D eigenvalue weighted by Crippen LogP contribution is -1.89. The Balaban J connectivity index is 1.84. The number of nitrogens with one attached hydrogen (secondary N) is 2. The summed E-state index contributed by atoms with van der Waals surface area (Å²) in [6.07, 6.45) is 7.77. The lowest BCUT2D eigenvalue weighted by atomic mass is 10.1. The molecular weight excluding hydrogens is 198 g/mol. The van der Waals surface area contributed by atoms with Crippen molar-refractivity contribution < 1.29 is 0 Å². The van der Waals surface area contributed by atoms with E-state index in [0.29, 0.717) is 0 Å². The molecule has 0 aliphatic heterocycles. The SMILES string of the molecule is c1ccc2c(CCc3c[nH]cn3)c[nH]c2c1. The maximum Gasteiger partial charge on any atom is 0.0923 e. The third-order valence-electron chi connectivity index (χ3n) is 2.88. The van der Waals surface area contributed by atoms with E-state index in [9.17, 15) is 0 Å². The number of nitrogens with zero attached hydrogens (tertiary/aromatic N) is 1. The van der Waals surface area contributed by atoms with E-state index in [0.717, 1.165) is 18.5 Å².